The zero-order chi connectivity index (χ0) is 9.68. The fourth-order valence-corrected chi connectivity index (χ4v) is 1.55. The first kappa shape index (κ1) is 10.1. The second kappa shape index (κ2) is 4.92. The molecule has 1 N–H and O–H groups in total. The fourth-order valence-electron chi connectivity index (χ4n) is 1.55. The van der Waals surface area contributed by atoms with E-state index in [1.165, 1.54) is 11.1 Å². The Morgan fingerprint density at radius 2 is 2.08 bits per heavy atom. The van der Waals surface area contributed by atoms with Crippen LogP contribution in [0.1, 0.15) is 25.0 Å². The highest BCUT2D eigenvalue weighted by molar-refractivity contribution is 6.17. The Balaban J connectivity index is 3.03. The van der Waals surface area contributed by atoms with Crippen LogP contribution in [0.5, 0.6) is 5.75 Å². The average Bonchev–Trinajstić information content (AvgIpc) is 2.18. The maximum absolute atomic E-state index is 8.68. The van der Waals surface area contributed by atoms with Crippen LogP contribution >= 0.6 is 0 Å². The van der Waals surface area contributed by atoms with Gasteiger partial charge in [0.15, 0.2) is 0 Å². The summed E-state index contributed by atoms with van der Waals surface area (Å²) in [6, 6.07) is 5.96. The predicted octanol–water partition coefficient (Wildman–Crippen LogP) is 1.45. The van der Waals surface area contributed by atoms with Crippen LogP contribution in [0.25, 0.3) is 0 Å². The summed E-state index contributed by atoms with van der Waals surface area (Å²) in [5, 5.41) is 8.68. The van der Waals surface area contributed by atoms with E-state index in [9.17, 15) is 0 Å². The van der Waals surface area contributed by atoms with Gasteiger partial charge in [0.2, 0.25) is 0 Å². The zero-order valence-corrected chi connectivity index (χ0v) is 8.21. The van der Waals surface area contributed by atoms with Crippen molar-refractivity contribution in [2.75, 3.05) is 0 Å². The van der Waals surface area contributed by atoms with Gasteiger partial charge in [0.1, 0.15) is 5.75 Å². The summed E-state index contributed by atoms with van der Waals surface area (Å²) >= 11 is 0. The first-order valence-corrected chi connectivity index (χ1v) is 4.67. The van der Waals surface area contributed by atoms with E-state index >= 15 is 0 Å². The molecule has 0 fully saturated rings. The highest BCUT2D eigenvalue weighted by Gasteiger charge is 2.05. The van der Waals surface area contributed by atoms with Gasteiger partial charge >= 0.3 is 7.69 Å². The van der Waals surface area contributed by atoms with Crippen LogP contribution in [0.4, 0.5) is 0 Å². The molecule has 0 aliphatic rings. The van der Waals surface area contributed by atoms with Gasteiger partial charge in [-0.2, -0.15) is 0 Å². The minimum Gasteiger partial charge on any atom is -0.539 e. The molecule has 0 amide bonds. The molecule has 1 aromatic carbocycles. The van der Waals surface area contributed by atoms with Crippen molar-refractivity contribution in [3.63, 3.8) is 0 Å². The van der Waals surface area contributed by atoms with Gasteiger partial charge in [-0.15, -0.1) is 0 Å². The smallest absolute Gasteiger partial charge is 0.504 e. The predicted molar refractivity (Wildman–Crippen MR) is 55.2 cm³/mol. The van der Waals surface area contributed by atoms with Crippen LogP contribution in [-0.2, 0) is 12.8 Å². The highest BCUT2D eigenvalue weighted by atomic mass is 16.5. The number of hydrogen-bond acceptors (Lipinski definition) is 2. The number of aryl methyl sites for hydroxylation is 1. The van der Waals surface area contributed by atoms with Crippen molar-refractivity contribution in [2.24, 2.45) is 0 Å². The van der Waals surface area contributed by atoms with E-state index in [2.05, 4.69) is 19.9 Å². The van der Waals surface area contributed by atoms with Crippen molar-refractivity contribution >= 4 is 7.69 Å². The Kier molecular flexibility index (Phi) is 3.84. The summed E-state index contributed by atoms with van der Waals surface area (Å²) in [7, 11) is -0.250. The Bertz CT molecular complexity index is 274. The molecule has 70 valence electrons. The first-order chi connectivity index (χ1) is 6.33. The minimum absolute atomic E-state index is 0.250. The van der Waals surface area contributed by atoms with E-state index in [1.807, 2.05) is 12.1 Å². The van der Waals surface area contributed by atoms with Gasteiger partial charge < -0.3 is 9.68 Å². The molecular weight excluding hydrogens is 163 g/mol. The lowest BCUT2D eigenvalue weighted by molar-refractivity contribution is 0.450. The Hall–Kier alpha value is -0.955. The third kappa shape index (κ3) is 2.25. The average molecular weight is 178 g/mol. The summed E-state index contributed by atoms with van der Waals surface area (Å²) in [5.74, 6) is 0.810. The van der Waals surface area contributed by atoms with E-state index in [1.54, 1.807) is 0 Å². The van der Waals surface area contributed by atoms with Crippen LogP contribution in [0.2, 0.25) is 0 Å². The molecule has 0 bridgehead atoms. The summed E-state index contributed by atoms with van der Waals surface area (Å²) in [6.07, 6.45) is 1.95. The second-order valence-corrected chi connectivity index (χ2v) is 2.87. The first-order valence-electron chi connectivity index (χ1n) is 4.67. The molecule has 0 saturated carbocycles. The molecule has 1 rings (SSSR count). The van der Waals surface area contributed by atoms with Gasteiger partial charge in [0.25, 0.3) is 0 Å². The minimum atomic E-state index is -0.250. The summed E-state index contributed by atoms with van der Waals surface area (Å²) in [4.78, 5) is 0. The number of benzene rings is 1. The van der Waals surface area contributed by atoms with E-state index in [0.29, 0.717) is 0 Å². The third-order valence-electron chi connectivity index (χ3n) is 2.18. The molecule has 2 nitrogen and oxygen atoms in total. The molecule has 0 unspecified atom stereocenters. The summed E-state index contributed by atoms with van der Waals surface area (Å²) in [5.41, 5.74) is 2.51. The van der Waals surface area contributed by atoms with Gasteiger partial charge in [0.05, 0.1) is 0 Å². The molecule has 0 aliphatic heterocycles. The lowest BCUT2D eigenvalue weighted by Gasteiger charge is -2.11. The molecule has 13 heavy (non-hydrogen) atoms. The number of hydrogen-bond donors (Lipinski definition) is 1. The Morgan fingerprint density at radius 3 is 2.62 bits per heavy atom. The molecule has 0 aromatic heterocycles. The standard InChI is InChI=1S/C10H15BO2/c1-3-8-6-5-7-10(13-11-12)9(8)4-2/h5-7,11-12H,3-4H2,1-2H3. The molecule has 0 saturated heterocycles. The van der Waals surface area contributed by atoms with Crippen molar-refractivity contribution in [1.29, 1.82) is 0 Å². The van der Waals surface area contributed by atoms with E-state index in [-0.39, 0.29) is 7.69 Å². The van der Waals surface area contributed by atoms with Gasteiger partial charge in [0, 0.05) is 0 Å². The normalized spacial score (nSPS) is 9.77. The van der Waals surface area contributed by atoms with E-state index < -0.39 is 0 Å². The highest BCUT2D eigenvalue weighted by Crippen LogP contribution is 2.22. The molecule has 0 radical (unpaired) electrons. The van der Waals surface area contributed by atoms with Gasteiger partial charge in [-0.1, -0.05) is 26.0 Å². The lowest BCUT2D eigenvalue weighted by Crippen LogP contribution is -2.04. The van der Waals surface area contributed by atoms with Crippen molar-refractivity contribution in [3.8, 4) is 5.75 Å². The Morgan fingerprint density at radius 1 is 1.31 bits per heavy atom. The zero-order valence-electron chi connectivity index (χ0n) is 8.21. The molecule has 3 heteroatoms. The van der Waals surface area contributed by atoms with Crippen LogP contribution in [0.3, 0.4) is 0 Å². The van der Waals surface area contributed by atoms with E-state index in [0.717, 1.165) is 18.6 Å². The molecule has 0 atom stereocenters. The molecule has 0 spiro atoms. The fraction of sp³-hybridized carbons (Fsp3) is 0.400. The summed E-state index contributed by atoms with van der Waals surface area (Å²) in [6.45, 7) is 4.22. The topological polar surface area (TPSA) is 29.5 Å². The maximum Gasteiger partial charge on any atom is 0.504 e. The number of rotatable bonds is 4. The van der Waals surface area contributed by atoms with Crippen molar-refractivity contribution in [1.82, 2.24) is 0 Å². The summed E-state index contributed by atoms with van der Waals surface area (Å²) < 4.78 is 5.13. The monoisotopic (exact) mass is 178 g/mol. The lowest BCUT2D eigenvalue weighted by atomic mass is 10.0. The molecular formula is C10H15BO2. The Labute approximate surface area is 79.9 Å². The van der Waals surface area contributed by atoms with Crippen LogP contribution in [-0.4, -0.2) is 12.7 Å². The second-order valence-electron chi connectivity index (χ2n) is 2.87. The molecule has 0 aliphatic carbocycles. The maximum atomic E-state index is 8.68. The van der Waals surface area contributed by atoms with Crippen LogP contribution in [0.15, 0.2) is 18.2 Å². The van der Waals surface area contributed by atoms with Crippen molar-refractivity contribution < 1.29 is 9.68 Å². The van der Waals surface area contributed by atoms with E-state index in [4.69, 9.17) is 9.68 Å². The third-order valence-corrected chi connectivity index (χ3v) is 2.18. The van der Waals surface area contributed by atoms with Gasteiger partial charge in [-0.25, -0.2) is 0 Å². The largest absolute Gasteiger partial charge is 0.539 e. The molecule has 0 heterocycles. The molecule has 1 aromatic rings. The van der Waals surface area contributed by atoms with Crippen LogP contribution < -0.4 is 4.65 Å². The van der Waals surface area contributed by atoms with Gasteiger partial charge in [-0.05, 0) is 30.0 Å². The SMILES string of the molecule is CCc1cccc(OBO)c1CC. The quantitative estimate of drug-likeness (QED) is 0.707. The van der Waals surface area contributed by atoms with Crippen LogP contribution in [0, 0.1) is 0 Å². The van der Waals surface area contributed by atoms with Gasteiger partial charge in [-0.3, -0.25) is 0 Å². The van der Waals surface area contributed by atoms with Crippen molar-refractivity contribution in [2.45, 2.75) is 26.7 Å². The van der Waals surface area contributed by atoms with Crippen molar-refractivity contribution in [3.05, 3.63) is 29.3 Å².